The number of nitrogens with one attached hydrogen (secondary N) is 3. The Bertz CT molecular complexity index is 780. The molecule has 5 N–H and O–H groups in total. The van der Waals surface area contributed by atoms with E-state index in [-0.39, 0.29) is 17.8 Å². The number of nitrogens with two attached hydrogens (primary N) is 1. The van der Waals surface area contributed by atoms with Crippen molar-refractivity contribution in [1.29, 1.82) is 0 Å². The van der Waals surface area contributed by atoms with Crippen LogP contribution in [0.4, 0.5) is 32.3 Å². The Morgan fingerprint density at radius 2 is 2.04 bits per heavy atom. The highest BCUT2D eigenvalue weighted by Gasteiger charge is 2.17. The summed E-state index contributed by atoms with van der Waals surface area (Å²) in [6.07, 6.45) is 3.90. The normalized spacial score (nSPS) is 13.5. The van der Waals surface area contributed by atoms with E-state index >= 15 is 0 Å². The van der Waals surface area contributed by atoms with Gasteiger partial charge in [-0.3, -0.25) is 0 Å². The number of hydrogen-bond donors (Lipinski definition) is 4. The zero-order valence-electron chi connectivity index (χ0n) is 15.0. The Morgan fingerprint density at radius 1 is 1.26 bits per heavy atom. The number of hydrogen-bond acceptors (Lipinski definition) is 6. The molecular formula is C18H24FN7O. The number of nitrogens with zero attached hydrogens (tertiary/aromatic N) is 3. The molecule has 144 valence electrons. The number of rotatable bonds is 7. The second-order valence-corrected chi connectivity index (χ2v) is 6.29. The summed E-state index contributed by atoms with van der Waals surface area (Å²) < 4.78 is 13.8. The SMILES string of the molecule is NCCCNc1nc(Nc2cccc(NC(=O)N3CCCC3)c2)ncc1F. The van der Waals surface area contributed by atoms with Gasteiger partial charge in [-0.2, -0.15) is 4.98 Å². The van der Waals surface area contributed by atoms with Crippen LogP contribution in [0.2, 0.25) is 0 Å². The van der Waals surface area contributed by atoms with E-state index in [1.54, 1.807) is 11.0 Å². The maximum Gasteiger partial charge on any atom is 0.321 e. The molecule has 2 amide bonds. The largest absolute Gasteiger partial charge is 0.367 e. The highest BCUT2D eigenvalue weighted by molar-refractivity contribution is 5.90. The average molecular weight is 373 g/mol. The van der Waals surface area contributed by atoms with Crippen molar-refractivity contribution in [3.8, 4) is 0 Å². The average Bonchev–Trinajstić information content (AvgIpc) is 3.20. The number of aromatic nitrogens is 2. The van der Waals surface area contributed by atoms with Gasteiger partial charge in [0.2, 0.25) is 5.95 Å². The number of likely N-dealkylation sites (tertiary alicyclic amines) is 1. The number of carbonyl (C=O) groups is 1. The number of urea groups is 1. The fraction of sp³-hybridized carbons (Fsp3) is 0.389. The van der Waals surface area contributed by atoms with E-state index in [1.807, 2.05) is 18.2 Å². The van der Waals surface area contributed by atoms with Gasteiger partial charge in [-0.15, -0.1) is 0 Å². The molecule has 0 radical (unpaired) electrons. The number of amides is 2. The van der Waals surface area contributed by atoms with Gasteiger partial charge in [-0.1, -0.05) is 6.07 Å². The van der Waals surface area contributed by atoms with Crippen molar-refractivity contribution in [2.75, 3.05) is 42.1 Å². The van der Waals surface area contributed by atoms with Gasteiger partial charge in [-0.05, 0) is 44.0 Å². The molecule has 1 aromatic heterocycles. The summed E-state index contributed by atoms with van der Waals surface area (Å²) in [5.74, 6) is -0.140. The first-order valence-electron chi connectivity index (χ1n) is 9.05. The van der Waals surface area contributed by atoms with E-state index in [4.69, 9.17) is 5.73 Å². The van der Waals surface area contributed by atoms with E-state index < -0.39 is 5.82 Å². The summed E-state index contributed by atoms with van der Waals surface area (Å²) in [4.78, 5) is 22.1. The lowest BCUT2D eigenvalue weighted by molar-refractivity contribution is 0.222. The Kier molecular flexibility index (Phi) is 6.37. The molecule has 0 aliphatic carbocycles. The van der Waals surface area contributed by atoms with Gasteiger partial charge in [0.15, 0.2) is 11.6 Å². The summed E-state index contributed by atoms with van der Waals surface area (Å²) >= 11 is 0. The predicted octanol–water partition coefficient (Wildman–Crippen LogP) is 2.75. The molecule has 8 nitrogen and oxygen atoms in total. The van der Waals surface area contributed by atoms with E-state index in [1.165, 1.54) is 0 Å². The quantitative estimate of drug-likeness (QED) is 0.556. The monoisotopic (exact) mass is 373 g/mol. The smallest absolute Gasteiger partial charge is 0.321 e. The standard InChI is InChI=1S/C18H24FN7O/c19-15-12-22-17(25-16(15)21-8-4-7-20)23-13-5-3-6-14(11-13)24-18(27)26-9-1-2-10-26/h3,5-6,11-12H,1-2,4,7-10,20H2,(H,24,27)(H2,21,22,23,25). The molecular weight excluding hydrogens is 349 g/mol. The molecule has 0 atom stereocenters. The van der Waals surface area contributed by atoms with Crippen molar-refractivity contribution in [1.82, 2.24) is 14.9 Å². The van der Waals surface area contributed by atoms with Gasteiger partial charge >= 0.3 is 6.03 Å². The fourth-order valence-electron chi connectivity index (χ4n) is 2.79. The fourth-order valence-corrected chi connectivity index (χ4v) is 2.79. The Balaban J connectivity index is 1.65. The molecule has 1 saturated heterocycles. The molecule has 0 saturated carbocycles. The topological polar surface area (TPSA) is 108 Å². The summed E-state index contributed by atoms with van der Waals surface area (Å²) in [5.41, 5.74) is 6.80. The molecule has 2 aromatic rings. The lowest BCUT2D eigenvalue weighted by atomic mass is 10.3. The van der Waals surface area contributed by atoms with Crippen molar-refractivity contribution in [3.63, 3.8) is 0 Å². The maximum atomic E-state index is 13.8. The van der Waals surface area contributed by atoms with E-state index in [0.717, 1.165) is 32.1 Å². The number of halogens is 1. The van der Waals surface area contributed by atoms with Crippen LogP contribution >= 0.6 is 0 Å². The molecule has 0 bridgehead atoms. The van der Waals surface area contributed by atoms with Gasteiger partial charge in [0.25, 0.3) is 0 Å². The summed E-state index contributed by atoms with van der Waals surface area (Å²) in [5, 5.41) is 8.81. The van der Waals surface area contributed by atoms with Gasteiger partial charge < -0.3 is 26.6 Å². The Hall–Kier alpha value is -2.94. The van der Waals surface area contributed by atoms with Crippen LogP contribution in [0.15, 0.2) is 30.5 Å². The summed E-state index contributed by atoms with van der Waals surface area (Å²) in [6.45, 7) is 2.61. The van der Waals surface area contributed by atoms with Crippen LogP contribution in [0.1, 0.15) is 19.3 Å². The molecule has 27 heavy (non-hydrogen) atoms. The van der Waals surface area contributed by atoms with Crippen molar-refractivity contribution in [2.45, 2.75) is 19.3 Å². The molecule has 1 aliphatic rings. The summed E-state index contributed by atoms with van der Waals surface area (Å²) in [6, 6.07) is 7.12. The zero-order valence-corrected chi connectivity index (χ0v) is 15.0. The molecule has 3 rings (SSSR count). The third-order valence-corrected chi connectivity index (χ3v) is 4.18. The molecule has 9 heteroatoms. The van der Waals surface area contributed by atoms with Gasteiger partial charge in [0.1, 0.15) is 0 Å². The Labute approximate surface area is 157 Å². The molecule has 0 unspecified atom stereocenters. The first-order valence-corrected chi connectivity index (χ1v) is 9.05. The third kappa shape index (κ3) is 5.27. The van der Waals surface area contributed by atoms with E-state index in [9.17, 15) is 9.18 Å². The number of carbonyl (C=O) groups excluding carboxylic acids is 1. The van der Waals surface area contributed by atoms with Crippen LogP contribution in [0, 0.1) is 5.82 Å². The zero-order chi connectivity index (χ0) is 19.1. The molecule has 1 aromatic carbocycles. The minimum atomic E-state index is -0.524. The highest BCUT2D eigenvalue weighted by atomic mass is 19.1. The first kappa shape index (κ1) is 18.8. The lowest BCUT2D eigenvalue weighted by Gasteiger charge is -2.16. The van der Waals surface area contributed by atoms with Crippen LogP contribution in [0.5, 0.6) is 0 Å². The van der Waals surface area contributed by atoms with Crippen molar-refractivity contribution >= 4 is 29.2 Å². The number of benzene rings is 1. The third-order valence-electron chi connectivity index (χ3n) is 4.18. The molecule has 1 aliphatic heterocycles. The van der Waals surface area contributed by atoms with Gasteiger partial charge in [-0.25, -0.2) is 14.2 Å². The molecule has 2 heterocycles. The van der Waals surface area contributed by atoms with E-state index in [0.29, 0.717) is 30.9 Å². The van der Waals surface area contributed by atoms with Crippen LogP contribution in [0.25, 0.3) is 0 Å². The van der Waals surface area contributed by atoms with Crippen molar-refractivity contribution in [2.24, 2.45) is 5.73 Å². The highest BCUT2D eigenvalue weighted by Crippen LogP contribution is 2.20. The maximum absolute atomic E-state index is 13.8. The predicted molar refractivity (Wildman–Crippen MR) is 104 cm³/mol. The Morgan fingerprint density at radius 3 is 2.81 bits per heavy atom. The van der Waals surface area contributed by atoms with Crippen molar-refractivity contribution < 1.29 is 9.18 Å². The first-order chi connectivity index (χ1) is 13.2. The van der Waals surface area contributed by atoms with Crippen LogP contribution in [-0.4, -0.2) is 47.1 Å². The minimum absolute atomic E-state index is 0.103. The number of anilines is 4. The molecule has 1 fully saturated rings. The van der Waals surface area contributed by atoms with Crippen LogP contribution in [-0.2, 0) is 0 Å². The van der Waals surface area contributed by atoms with Crippen molar-refractivity contribution in [3.05, 3.63) is 36.3 Å². The lowest BCUT2D eigenvalue weighted by Crippen LogP contribution is -2.32. The second kappa shape index (κ2) is 9.13. The van der Waals surface area contributed by atoms with Gasteiger partial charge in [0, 0.05) is 31.0 Å². The van der Waals surface area contributed by atoms with Crippen LogP contribution in [0.3, 0.4) is 0 Å². The van der Waals surface area contributed by atoms with Gasteiger partial charge in [0.05, 0.1) is 6.20 Å². The van der Waals surface area contributed by atoms with Crippen LogP contribution < -0.4 is 21.7 Å². The minimum Gasteiger partial charge on any atom is -0.367 e. The summed E-state index contributed by atoms with van der Waals surface area (Å²) in [7, 11) is 0. The van der Waals surface area contributed by atoms with E-state index in [2.05, 4.69) is 25.9 Å². The second-order valence-electron chi connectivity index (χ2n) is 6.29. The molecule has 0 spiro atoms.